The molecule has 0 aromatic carbocycles. The van der Waals surface area contributed by atoms with Crippen LogP contribution in [0.4, 0.5) is 0 Å². The molecule has 2 heterocycles. The van der Waals surface area contributed by atoms with Crippen LogP contribution in [0.1, 0.15) is 6.92 Å². The molecular formula is C21H39N7O12. The second-order valence-electron chi connectivity index (χ2n) is 9.89. The molecule has 1 saturated carbocycles. The molecule has 0 aromatic rings. The highest BCUT2D eigenvalue weighted by Gasteiger charge is 2.60. The van der Waals surface area contributed by atoms with Crippen LogP contribution in [0.2, 0.25) is 0 Å². The van der Waals surface area contributed by atoms with E-state index in [0.29, 0.717) is 0 Å². The Kier molecular flexibility index (Phi) is 10.2. The largest absolute Gasteiger partial charge is 0.394 e. The first-order valence-corrected chi connectivity index (χ1v) is 12.4. The number of nitrogens with two attached hydrogens (primary N) is 4. The number of aliphatic hydroxyl groups excluding tert-OH is 6. The van der Waals surface area contributed by atoms with Crippen LogP contribution in [-0.4, -0.2) is 159 Å². The van der Waals surface area contributed by atoms with Crippen molar-refractivity contribution < 1.29 is 59.5 Å². The monoisotopic (exact) mass is 581 g/mol. The van der Waals surface area contributed by atoms with Gasteiger partial charge in [0, 0.05) is 0 Å². The van der Waals surface area contributed by atoms with Crippen molar-refractivity contribution in [2.24, 2.45) is 32.9 Å². The minimum Gasteiger partial charge on any atom is -0.394 e. The third kappa shape index (κ3) is 6.00. The molecule has 0 unspecified atom stereocenters. The van der Waals surface area contributed by atoms with Crippen molar-refractivity contribution in [3.63, 3.8) is 0 Å². The fourth-order valence-electron chi connectivity index (χ4n) is 5.08. The zero-order valence-corrected chi connectivity index (χ0v) is 21.7. The highest BCUT2D eigenvalue weighted by molar-refractivity contribution is 5.76. The minimum absolute atomic E-state index is 0.140. The third-order valence-electron chi connectivity index (χ3n) is 7.34. The van der Waals surface area contributed by atoms with Gasteiger partial charge >= 0.3 is 0 Å². The van der Waals surface area contributed by atoms with Crippen molar-refractivity contribution in [3.8, 4) is 0 Å². The fraction of sp³-hybridized carbons (Fsp3) is 0.857. The summed E-state index contributed by atoms with van der Waals surface area (Å²) in [7, 11) is 1.42. The lowest BCUT2D eigenvalue weighted by Gasteiger charge is -2.45. The number of guanidine groups is 2. The molecule has 16 N–H and O–H groups in total. The lowest BCUT2D eigenvalue weighted by atomic mass is 9.81. The molecule has 19 nitrogen and oxygen atoms in total. The number of rotatable bonds is 9. The van der Waals surface area contributed by atoms with Crippen LogP contribution in [0.5, 0.6) is 0 Å². The van der Waals surface area contributed by atoms with Gasteiger partial charge in [-0.15, -0.1) is 0 Å². The Morgan fingerprint density at radius 3 is 2.02 bits per heavy atom. The Morgan fingerprint density at radius 1 is 0.900 bits per heavy atom. The number of nitrogens with one attached hydrogen (secondary N) is 1. The lowest BCUT2D eigenvalue weighted by Crippen LogP contribution is -2.66. The SMILES string of the molecule is CN[C@@H]1[C@H](O[C@H]2[C@@H](O[C@H]3[C@H](O)[C@@H](O)[C@H](N=C(N)N)[C@@H](O)[C@@H]3N=C(N)N)O[C@@H](C)[C@]2(O)C=O)O[C@@H](CO)[C@H](O)[C@H]1O. The fourth-order valence-corrected chi connectivity index (χ4v) is 5.08. The average molecular weight is 582 g/mol. The summed E-state index contributed by atoms with van der Waals surface area (Å²) in [4.78, 5) is 19.7. The number of ether oxygens (including phenoxy) is 4. The normalized spacial score (nSPS) is 47.4. The Labute approximate surface area is 228 Å². The number of carbonyl (C=O) groups excluding carboxylic acids is 1. The van der Waals surface area contributed by atoms with E-state index in [1.54, 1.807) is 0 Å². The van der Waals surface area contributed by atoms with Gasteiger partial charge in [-0.3, -0.25) is 4.79 Å². The van der Waals surface area contributed by atoms with Crippen molar-refractivity contribution in [3.05, 3.63) is 0 Å². The summed E-state index contributed by atoms with van der Waals surface area (Å²) in [6, 6.07) is -4.08. The van der Waals surface area contributed by atoms with E-state index in [2.05, 4.69) is 15.3 Å². The zero-order chi connectivity index (χ0) is 30.1. The number of nitrogens with zero attached hydrogens (tertiary/aromatic N) is 2. The van der Waals surface area contributed by atoms with Crippen LogP contribution < -0.4 is 28.3 Å². The predicted molar refractivity (Wildman–Crippen MR) is 133 cm³/mol. The summed E-state index contributed by atoms with van der Waals surface area (Å²) in [5.74, 6) is -1.03. The van der Waals surface area contributed by atoms with Gasteiger partial charge in [0.1, 0.15) is 60.9 Å². The summed E-state index contributed by atoms with van der Waals surface area (Å²) in [6.45, 7) is 0.620. The van der Waals surface area contributed by atoms with Gasteiger partial charge in [-0.1, -0.05) is 0 Å². The Morgan fingerprint density at radius 2 is 1.50 bits per heavy atom. The van der Waals surface area contributed by atoms with Crippen LogP contribution in [0.25, 0.3) is 0 Å². The topological polar surface area (TPSA) is 336 Å². The van der Waals surface area contributed by atoms with Gasteiger partial charge in [0.05, 0.1) is 18.8 Å². The van der Waals surface area contributed by atoms with Crippen molar-refractivity contribution in [2.75, 3.05) is 13.7 Å². The molecule has 3 fully saturated rings. The van der Waals surface area contributed by atoms with E-state index in [1.165, 1.54) is 14.0 Å². The van der Waals surface area contributed by atoms with Crippen molar-refractivity contribution in [1.29, 1.82) is 0 Å². The zero-order valence-electron chi connectivity index (χ0n) is 21.7. The van der Waals surface area contributed by atoms with Gasteiger partial charge in [0.2, 0.25) is 0 Å². The van der Waals surface area contributed by atoms with E-state index in [1.807, 2.05) is 0 Å². The van der Waals surface area contributed by atoms with Crippen LogP contribution in [0.15, 0.2) is 9.98 Å². The number of aliphatic imine (C=N–C) groups is 2. The molecule has 3 rings (SSSR count). The van der Waals surface area contributed by atoms with E-state index in [0.717, 1.165) is 0 Å². The Hall–Kier alpha value is -2.27. The molecule has 40 heavy (non-hydrogen) atoms. The highest BCUT2D eigenvalue weighted by Crippen LogP contribution is 2.38. The molecule has 230 valence electrons. The third-order valence-corrected chi connectivity index (χ3v) is 7.34. The van der Waals surface area contributed by atoms with Gasteiger partial charge in [0.25, 0.3) is 0 Å². The summed E-state index contributed by atoms with van der Waals surface area (Å²) in [5, 5.41) is 76.6. The maximum Gasteiger partial charge on any atom is 0.188 e. The van der Waals surface area contributed by atoms with E-state index in [4.69, 9.17) is 41.9 Å². The maximum absolute atomic E-state index is 12.1. The number of hydrogen-bond acceptors (Lipinski definition) is 15. The number of carbonyl (C=O) groups is 1. The minimum atomic E-state index is -2.38. The molecule has 0 radical (unpaired) electrons. The number of likely N-dealkylation sites (N-methyl/N-ethyl adjacent to an activating group) is 1. The van der Waals surface area contributed by atoms with E-state index < -0.39 is 110 Å². The molecule has 0 aromatic heterocycles. The maximum atomic E-state index is 12.1. The molecule has 0 bridgehead atoms. The predicted octanol–water partition coefficient (Wildman–Crippen LogP) is -8.16. The van der Waals surface area contributed by atoms with Crippen LogP contribution >= 0.6 is 0 Å². The smallest absolute Gasteiger partial charge is 0.188 e. The van der Waals surface area contributed by atoms with Gasteiger partial charge in [-0.05, 0) is 14.0 Å². The number of hydrogen-bond donors (Lipinski definition) is 12. The highest BCUT2D eigenvalue weighted by atomic mass is 16.8. The van der Waals surface area contributed by atoms with Gasteiger partial charge in [0.15, 0.2) is 36.4 Å². The summed E-state index contributed by atoms with van der Waals surface area (Å²) in [5.41, 5.74) is 19.4. The molecule has 0 amide bonds. The first-order chi connectivity index (χ1) is 18.7. The van der Waals surface area contributed by atoms with Crippen molar-refractivity contribution in [2.45, 2.75) is 98.2 Å². The number of aliphatic hydroxyl groups is 7. The Balaban J connectivity index is 1.96. The molecule has 15 atom stereocenters. The quantitative estimate of drug-likeness (QED) is 0.0682. The van der Waals surface area contributed by atoms with E-state index in [-0.39, 0.29) is 6.29 Å². The standard InChI is InChI=1S/C21H39N7O12/c1-5-21(36,4-30)16(40-17-9(26-2)13(34)10(31)6(3-29)38-17)18(37-5)39-15-8(28-20(24)25)11(32)7(27-19(22)23)12(33)14(15)35/h4-18,26,29,31-36H,3H2,1-2H3,(H4,22,23,27)(H4,24,25,28)/t5-,6-,7+,8-,9-,10-,11+,12-,13-,14+,15+,16-,17-,18+,21+/m0/s1. The first-order valence-electron chi connectivity index (χ1n) is 12.4. The molecule has 2 aliphatic heterocycles. The summed E-state index contributed by atoms with van der Waals surface area (Å²) >= 11 is 0. The van der Waals surface area contributed by atoms with Crippen LogP contribution in [0, 0.1) is 0 Å². The first kappa shape index (κ1) is 32.2. The second-order valence-corrected chi connectivity index (χ2v) is 9.89. The summed E-state index contributed by atoms with van der Waals surface area (Å²) in [6.07, 6.45) is -17.3. The second kappa shape index (κ2) is 12.7. The molecule has 1 aliphatic carbocycles. The van der Waals surface area contributed by atoms with Gasteiger partial charge in [-0.2, -0.15) is 0 Å². The van der Waals surface area contributed by atoms with Crippen molar-refractivity contribution in [1.82, 2.24) is 5.32 Å². The van der Waals surface area contributed by atoms with E-state index >= 15 is 0 Å². The van der Waals surface area contributed by atoms with Gasteiger partial charge < -0.3 is 82.9 Å². The number of aldehydes is 1. The van der Waals surface area contributed by atoms with Crippen molar-refractivity contribution >= 4 is 18.2 Å². The van der Waals surface area contributed by atoms with Gasteiger partial charge in [-0.25, -0.2) is 9.98 Å². The lowest BCUT2D eigenvalue weighted by molar-refractivity contribution is -0.314. The molecular weight excluding hydrogens is 542 g/mol. The summed E-state index contributed by atoms with van der Waals surface area (Å²) < 4.78 is 22.9. The average Bonchev–Trinajstić information content (AvgIpc) is 3.13. The van der Waals surface area contributed by atoms with E-state index in [9.17, 15) is 40.5 Å². The van der Waals surface area contributed by atoms with Crippen LogP contribution in [-0.2, 0) is 23.7 Å². The molecule has 3 aliphatic rings. The van der Waals surface area contributed by atoms with Crippen LogP contribution in [0.3, 0.4) is 0 Å². The molecule has 0 spiro atoms. The molecule has 2 saturated heterocycles. The molecule has 19 heteroatoms. The Bertz CT molecular complexity index is 940.